The van der Waals surface area contributed by atoms with E-state index in [0.29, 0.717) is 18.5 Å². The van der Waals surface area contributed by atoms with Crippen molar-refractivity contribution in [3.05, 3.63) is 60.2 Å². The fraction of sp³-hybridized carbons (Fsp3) is 0.222. The normalized spacial score (nSPS) is 20.2. The molecule has 1 aliphatic rings. The zero-order chi connectivity index (χ0) is 16.2. The summed E-state index contributed by atoms with van der Waals surface area (Å²) in [6.07, 6.45) is -0.110. The minimum absolute atomic E-state index is 0.295. The molecule has 0 radical (unpaired) electrons. The molecule has 118 valence electrons. The van der Waals surface area contributed by atoms with Crippen LogP contribution in [0.15, 0.2) is 54.6 Å². The standard InChI is InChI=1S/C18H17NO4/c20-17(21)16-10-15(11-19-16)23-18(22)14-8-6-13(7-9-14)12-4-2-1-3-5-12/h1-9,15-16,19H,10-11H2,(H,20,21)/t15-,16-/m0/s1. The van der Waals surface area contributed by atoms with Crippen LogP contribution in [0.3, 0.4) is 0 Å². The van der Waals surface area contributed by atoms with Crippen LogP contribution >= 0.6 is 0 Å². The van der Waals surface area contributed by atoms with Gasteiger partial charge in [0.25, 0.3) is 0 Å². The monoisotopic (exact) mass is 311 g/mol. The van der Waals surface area contributed by atoms with Crippen molar-refractivity contribution in [2.75, 3.05) is 6.54 Å². The molecular formula is C18H17NO4. The minimum atomic E-state index is -0.921. The van der Waals surface area contributed by atoms with Crippen molar-refractivity contribution in [3.63, 3.8) is 0 Å². The summed E-state index contributed by atoms with van der Waals surface area (Å²) >= 11 is 0. The Bertz CT molecular complexity index is 697. The van der Waals surface area contributed by atoms with Gasteiger partial charge in [-0.2, -0.15) is 0 Å². The van der Waals surface area contributed by atoms with Gasteiger partial charge in [-0.05, 0) is 23.3 Å². The van der Waals surface area contributed by atoms with Crippen LogP contribution in [-0.4, -0.2) is 35.7 Å². The molecule has 0 bridgehead atoms. The molecule has 0 aromatic heterocycles. The van der Waals surface area contributed by atoms with E-state index in [4.69, 9.17) is 9.84 Å². The maximum absolute atomic E-state index is 12.1. The molecule has 5 heteroatoms. The van der Waals surface area contributed by atoms with Crippen molar-refractivity contribution in [2.45, 2.75) is 18.6 Å². The molecule has 0 saturated carbocycles. The molecule has 1 saturated heterocycles. The molecule has 2 N–H and O–H groups in total. The van der Waals surface area contributed by atoms with E-state index < -0.39 is 24.1 Å². The molecule has 2 atom stereocenters. The number of hydrogen-bond donors (Lipinski definition) is 2. The Hall–Kier alpha value is -2.66. The summed E-state index contributed by atoms with van der Waals surface area (Å²) in [5, 5.41) is 11.7. The number of esters is 1. The van der Waals surface area contributed by atoms with Crippen LogP contribution in [0.2, 0.25) is 0 Å². The molecule has 0 spiro atoms. The number of aliphatic carboxylic acids is 1. The van der Waals surface area contributed by atoms with Gasteiger partial charge in [0, 0.05) is 13.0 Å². The molecule has 2 aromatic carbocycles. The van der Waals surface area contributed by atoms with Crippen LogP contribution in [0.5, 0.6) is 0 Å². The molecule has 0 unspecified atom stereocenters. The molecule has 23 heavy (non-hydrogen) atoms. The lowest BCUT2D eigenvalue weighted by Gasteiger charge is -2.11. The summed E-state index contributed by atoms with van der Waals surface area (Å²) in [5.41, 5.74) is 2.57. The summed E-state index contributed by atoms with van der Waals surface area (Å²) in [5.74, 6) is -1.35. The van der Waals surface area contributed by atoms with E-state index in [1.54, 1.807) is 12.1 Å². The predicted octanol–water partition coefficient (Wildman–Crippen LogP) is 2.33. The maximum Gasteiger partial charge on any atom is 0.338 e. The summed E-state index contributed by atoms with van der Waals surface area (Å²) in [6, 6.07) is 16.4. The number of benzene rings is 2. The second kappa shape index (κ2) is 6.62. The summed E-state index contributed by atoms with van der Waals surface area (Å²) in [4.78, 5) is 23.0. The van der Waals surface area contributed by atoms with Crippen molar-refractivity contribution in [1.82, 2.24) is 5.32 Å². The first kappa shape index (κ1) is 15.2. The minimum Gasteiger partial charge on any atom is -0.480 e. The number of ether oxygens (including phenoxy) is 1. The maximum atomic E-state index is 12.1. The number of carbonyl (C=O) groups is 2. The Morgan fingerprint density at radius 3 is 2.26 bits per heavy atom. The average Bonchev–Trinajstić information content (AvgIpc) is 3.04. The third kappa shape index (κ3) is 3.57. The zero-order valence-corrected chi connectivity index (χ0v) is 12.4. The second-order valence-corrected chi connectivity index (χ2v) is 5.51. The first-order valence-corrected chi connectivity index (χ1v) is 7.46. The van der Waals surface area contributed by atoms with E-state index in [0.717, 1.165) is 11.1 Å². The van der Waals surface area contributed by atoms with Crippen molar-refractivity contribution in [2.24, 2.45) is 0 Å². The lowest BCUT2D eigenvalue weighted by molar-refractivity contribution is -0.139. The number of rotatable bonds is 4. The second-order valence-electron chi connectivity index (χ2n) is 5.51. The highest BCUT2D eigenvalue weighted by Gasteiger charge is 2.31. The van der Waals surface area contributed by atoms with Gasteiger partial charge in [-0.25, -0.2) is 4.79 Å². The van der Waals surface area contributed by atoms with E-state index in [1.165, 1.54) is 0 Å². The van der Waals surface area contributed by atoms with Crippen molar-refractivity contribution in [1.29, 1.82) is 0 Å². The molecule has 3 rings (SSSR count). The summed E-state index contributed by atoms with van der Waals surface area (Å²) in [6.45, 7) is 0.366. The molecule has 2 aromatic rings. The number of carboxylic acids is 1. The third-order valence-corrected chi connectivity index (χ3v) is 3.89. The predicted molar refractivity (Wildman–Crippen MR) is 85.1 cm³/mol. The van der Waals surface area contributed by atoms with E-state index >= 15 is 0 Å². The summed E-state index contributed by atoms with van der Waals surface area (Å²) in [7, 11) is 0. The van der Waals surface area contributed by atoms with Crippen LogP contribution in [0.25, 0.3) is 11.1 Å². The Morgan fingerprint density at radius 1 is 1.00 bits per heavy atom. The first-order chi connectivity index (χ1) is 11.1. The molecule has 5 nitrogen and oxygen atoms in total. The highest BCUT2D eigenvalue weighted by atomic mass is 16.5. The number of carboxylic acid groups (broad SMARTS) is 1. The fourth-order valence-corrected chi connectivity index (χ4v) is 2.63. The van der Waals surface area contributed by atoms with Crippen LogP contribution in [0.1, 0.15) is 16.8 Å². The number of nitrogens with one attached hydrogen (secondary N) is 1. The van der Waals surface area contributed by atoms with Gasteiger partial charge in [0.05, 0.1) is 5.56 Å². The zero-order valence-electron chi connectivity index (χ0n) is 12.4. The van der Waals surface area contributed by atoms with Gasteiger partial charge in [0.1, 0.15) is 12.1 Å². The Morgan fingerprint density at radius 2 is 1.65 bits per heavy atom. The van der Waals surface area contributed by atoms with E-state index in [9.17, 15) is 9.59 Å². The first-order valence-electron chi connectivity index (χ1n) is 7.46. The smallest absolute Gasteiger partial charge is 0.338 e. The quantitative estimate of drug-likeness (QED) is 0.848. The molecule has 1 fully saturated rings. The van der Waals surface area contributed by atoms with Gasteiger partial charge in [0.2, 0.25) is 0 Å². The van der Waals surface area contributed by atoms with Crippen molar-refractivity contribution >= 4 is 11.9 Å². The molecule has 1 heterocycles. The number of carbonyl (C=O) groups excluding carboxylic acids is 1. The Kier molecular flexibility index (Phi) is 4.39. The van der Waals surface area contributed by atoms with Gasteiger partial charge >= 0.3 is 11.9 Å². The van der Waals surface area contributed by atoms with E-state index in [-0.39, 0.29) is 0 Å². The van der Waals surface area contributed by atoms with E-state index in [1.807, 2.05) is 42.5 Å². The average molecular weight is 311 g/mol. The van der Waals surface area contributed by atoms with Crippen LogP contribution in [0.4, 0.5) is 0 Å². The number of hydrogen-bond acceptors (Lipinski definition) is 4. The van der Waals surface area contributed by atoms with Crippen LogP contribution in [0, 0.1) is 0 Å². The van der Waals surface area contributed by atoms with Gasteiger partial charge < -0.3 is 15.2 Å². The van der Waals surface area contributed by atoms with E-state index in [2.05, 4.69) is 5.32 Å². The molecule has 0 aliphatic carbocycles. The SMILES string of the molecule is O=C(O[C@@H]1CN[C@H](C(=O)O)C1)c1ccc(-c2ccccc2)cc1. The fourth-order valence-electron chi connectivity index (χ4n) is 2.63. The lowest BCUT2D eigenvalue weighted by Crippen LogP contribution is -2.30. The Labute approximate surface area is 133 Å². The topological polar surface area (TPSA) is 75.6 Å². The van der Waals surface area contributed by atoms with Crippen molar-refractivity contribution < 1.29 is 19.4 Å². The molecule has 1 aliphatic heterocycles. The van der Waals surface area contributed by atoms with Crippen molar-refractivity contribution in [3.8, 4) is 11.1 Å². The van der Waals surface area contributed by atoms with Gasteiger partial charge in [-0.15, -0.1) is 0 Å². The van der Waals surface area contributed by atoms with Crippen LogP contribution in [-0.2, 0) is 9.53 Å². The van der Waals surface area contributed by atoms with Gasteiger partial charge in [0.15, 0.2) is 0 Å². The summed E-state index contributed by atoms with van der Waals surface area (Å²) < 4.78 is 5.36. The largest absolute Gasteiger partial charge is 0.480 e. The highest BCUT2D eigenvalue weighted by Crippen LogP contribution is 2.20. The third-order valence-electron chi connectivity index (χ3n) is 3.89. The molecule has 0 amide bonds. The Balaban J connectivity index is 1.63. The van der Waals surface area contributed by atoms with Gasteiger partial charge in [-0.3, -0.25) is 4.79 Å². The molecular weight excluding hydrogens is 294 g/mol. The lowest BCUT2D eigenvalue weighted by atomic mass is 10.0. The highest BCUT2D eigenvalue weighted by molar-refractivity contribution is 5.90. The van der Waals surface area contributed by atoms with Gasteiger partial charge in [-0.1, -0.05) is 42.5 Å². The van der Waals surface area contributed by atoms with Crippen LogP contribution < -0.4 is 5.32 Å².